The van der Waals surface area contributed by atoms with Crippen molar-refractivity contribution in [3.63, 3.8) is 0 Å². The molecule has 0 bridgehead atoms. The molecule has 3 aromatic rings. The number of hydrogen-bond acceptors (Lipinski definition) is 2. The molecule has 1 aliphatic rings. The summed E-state index contributed by atoms with van der Waals surface area (Å²) in [6.45, 7) is 4.31. The second kappa shape index (κ2) is 8.82. The molecule has 0 aromatic heterocycles. The van der Waals surface area contributed by atoms with Crippen LogP contribution in [0.1, 0.15) is 34.0 Å². The van der Waals surface area contributed by atoms with Gasteiger partial charge in [0.1, 0.15) is 0 Å². The van der Waals surface area contributed by atoms with Gasteiger partial charge in [-0.25, -0.2) is 4.79 Å². The van der Waals surface area contributed by atoms with Gasteiger partial charge in [0.2, 0.25) is 0 Å². The monoisotopic (exact) mass is 433 g/mol. The molecule has 1 heterocycles. The predicted molar refractivity (Wildman–Crippen MR) is 125 cm³/mol. The second-order valence-corrected chi connectivity index (χ2v) is 8.26. The molecule has 3 amide bonds. The highest BCUT2D eigenvalue weighted by Gasteiger charge is 2.31. The van der Waals surface area contributed by atoms with Gasteiger partial charge < -0.3 is 15.5 Å². The number of carbonyl (C=O) groups is 2. The smallest absolute Gasteiger partial charge is 0.319 e. The Bertz CT molecular complexity index is 1130. The van der Waals surface area contributed by atoms with Crippen molar-refractivity contribution < 1.29 is 9.59 Å². The summed E-state index contributed by atoms with van der Waals surface area (Å²) in [5.41, 5.74) is 5.25. The van der Waals surface area contributed by atoms with Gasteiger partial charge in [0, 0.05) is 34.5 Å². The van der Waals surface area contributed by atoms with Crippen molar-refractivity contribution in [2.75, 3.05) is 10.2 Å². The van der Waals surface area contributed by atoms with Crippen LogP contribution in [0.15, 0.2) is 66.7 Å². The number of urea groups is 1. The number of hydrogen-bond donors (Lipinski definition) is 2. The molecule has 0 spiro atoms. The molecule has 0 radical (unpaired) electrons. The van der Waals surface area contributed by atoms with Crippen LogP contribution in [0, 0.1) is 6.92 Å². The third-order valence-corrected chi connectivity index (χ3v) is 5.74. The molecular weight excluding hydrogens is 410 g/mol. The molecule has 0 saturated carbocycles. The third-order valence-electron chi connectivity index (χ3n) is 5.51. The van der Waals surface area contributed by atoms with E-state index in [1.165, 1.54) is 0 Å². The van der Waals surface area contributed by atoms with Crippen LogP contribution in [0.5, 0.6) is 0 Å². The number of rotatable bonds is 4. The summed E-state index contributed by atoms with van der Waals surface area (Å²) in [4.78, 5) is 27.3. The van der Waals surface area contributed by atoms with E-state index in [2.05, 4.69) is 17.6 Å². The minimum Gasteiger partial charge on any atom is -0.334 e. The zero-order valence-electron chi connectivity index (χ0n) is 17.5. The number of amides is 3. The summed E-state index contributed by atoms with van der Waals surface area (Å²) < 4.78 is 0. The van der Waals surface area contributed by atoms with Gasteiger partial charge in [0.05, 0.1) is 0 Å². The number of aryl methyl sites for hydroxylation is 1. The van der Waals surface area contributed by atoms with Crippen molar-refractivity contribution in [3.8, 4) is 0 Å². The lowest BCUT2D eigenvalue weighted by molar-refractivity contribution is 0.0981. The topological polar surface area (TPSA) is 61.4 Å². The number of benzene rings is 3. The van der Waals surface area contributed by atoms with Crippen LogP contribution >= 0.6 is 11.6 Å². The van der Waals surface area contributed by atoms with Crippen molar-refractivity contribution in [2.45, 2.75) is 32.9 Å². The Morgan fingerprint density at radius 1 is 1.06 bits per heavy atom. The number of anilines is 2. The zero-order valence-corrected chi connectivity index (χ0v) is 18.2. The van der Waals surface area contributed by atoms with Crippen LogP contribution in [0.25, 0.3) is 0 Å². The van der Waals surface area contributed by atoms with Gasteiger partial charge in [-0.05, 0) is 67.3 Å². The highest BCUT2D eigenvalue weighted by atomic mass is 35.5. The second-order valence-electron chi connectivity index (χ2n) is 7.82. The molecular formula is C25H24ClN3O2. The zero-order chi connectivity index (χ0) is 22.0. The summed E-state index contributed by atoms with van der Waals surface area (Å²) in [7, 11) is 0. The molecule has 5 nitrogen and oxygen atoms in total. The van der Waals surface area contributed by atoms with E-state index in [4.69, 9.17) is 11.6 Å². The Morgan fingerprint density at radius 3 is 2.61 bits per heavy atom. The summed E-state index contributed by atoms with van der Waals surface area (Å²) in [6.07, 6.45) is 0.816. The first-order valence-electron chi connectivity index (χ1n) is 10.2. The van der Waals surface area contributed by atoms with E-state index >= 15 is 0 Å². The third kappa shape index (κ3) is 4.57. The Balaban J connectivity index is 1.47. The number of halogens is 1. The molecule has 0 aliphatic carbocycles. The average molecular weight is 434 g/mol. The maximum Gasteiger partial charge on any atom is 0.319 e. The first-order valence-corrected chi connectivity index (χ1v) is 10.6. The number of nitrogens with zero attached hydrogens (tertiary/aromatic N) is 1. The van der Waals surface area contributed by atoms with E-state index in [1.54, 1.807) is 12.1 Å². The molecule has 3 aromatic carbocycles. The van der Waals surface area contributed by atoms with Crippen LogP contribution in [0.4, 0.5) is 16.2 Å². The largest absolute Gasteiger partial charge is 0.334 e. The standard InChI is InChI=1S/C25H24ClN3O2/c1-16-8-11-21(26)14-22(16)28-25(31)27-15-18-9-10-20-12-17(2)29(23(20)13-18)24(30)19-6-4-3-5-7-19/h3-11,13-14,17H,12,15H2,1-2H3,(H2,27,28,31)/t17-/m1/s1. The van der Waals surface area contributed by atoms with E-state index in [9.17, 15) is 9.59 Å². The molecule has 4 rings (SSSR count). The summed E-state index contributed by atoms with van der Waals surface area (Å²) in [6, 6.07) is 20.5. The minimum atomic E-state index is -0.309. The summed E-state index contributed by atoms with van der Waals surface area (Å²) in [5.74, 6) is -0.00821. The van der Waals surface area contributed by atoms with Gasteiger partial charge >= 0.3 is 6.03 Å². The highest BCUT2D eigenvalue weighted by Crippen LogP contribution is 2.34. The fourth-order valence-electron chi connectivity index (χ4n) is 3.87. The van der Waals surface area contributed by atoms with Gasteiger partial charge in [-0.3, -0.25) is 4.79 Å². The summed E-state index contributed by atoms with van der Waals surface area (Å²) in [5, 5.41) is 6.27. The molecule has 158 valence electrons. The van der Waals surface area contributed by atoms with Crippen molar-refractivity contribution in [3.05, 3.63) is 94.0 Å². The molecule has 0 fully saturated rings. The van der Waals surface area contributed by atoms with Crippen LogP contribution < -0.4 is 15.5 Å². The Labute approximate surface area is 187 Å². The number of nitrogens with one attached hydrogen (secondary N) is 2. The molecule has 6 heteroatoms. The van der Waals surface area contributed by atoms with Crippen molar-refractivity contribution in [1.29, 1.82) is 0 Å². The maximum atomic E-state index is 13.1. The van der Waals surface area contributed by atoms with Crippen molar-refractivity contribution >= 4 is 34.9 Å². The Morgan fingerprint density at radius 2 is 1.84 bits per heavy atom. The molecule has 1 aliphatic heterocycles. The molecule has 31 heavy (non-hydrogen) atoms. The van der Waals surface area contributed by atoms with E-state index < -0.39 is 0 Å². The van der Waals surface area contributed by atoms with Crippen LogP contribution in [0.3, 0.4) is 0 Å². The lowest BCUT2D eigenvalue weighted by atomic mass is 10.1. The van der Waals surface area contributed by atoms with E-state index in [1.807, 2.05) is 66.4 Å². The summed E-state index contributed by atoms with van der Waals surface area (Å²) >= 11 is 6.02. The molecule has 2 N–H and O–H groups in total. The fourth-order valence-corrected chi connectivity index (χ4v) is 4.04. The van der Waals surface area contributed by atoms with Gasteiger partial charge in [0.25, 0.3) is 5.91 Å². The Hall–Kier alpha value is -3.31. The van der Waals surface area contributed by atoms with E-state index in [0.717, 1.165) is 28.8 Å². The highest BCUT2D eigenvalue weighted by molar-refractivity contribution is 6.31. The number of carbonyl (C=O) groups excluding carboxylic acids is 2. The molecule has 1 atom stereocenters. The van der Waals surface area contributed by atoms with Gasteiger partial charge in [-0.15, -0.1) is 0 Å². The van der Waals surface area contributed by atoms with Crippen LogP contribution in [-0.2, 0) is 13.0 Å². The van der Waals surface area contributed by atoms with E-state index in [0.29, 0.717) is 22.8 Å². The maximum absolute atomic E-state index is 13.1. The minimum absolute atomic E-state index is 0.00821. The number of fused-ring (bicyclic) bond motifs is 1. The first kappa shape index (κ1) is 20.9. The van der Waals surface area contributed by atoms with Crippen molar-refractivity contribution in [1.82, 2.24) is 5.32 Å². The van der Waals surface area contributed by atoms with Gasteiger partial charge in [0.15, 0.2) is 0 Å². The van der Waals surface area contributed by atoms with Crippen molar-refractivity contribution in [2.24, 2.45) is 0 Å². The molecule has 0 unspecified atom stereocenters. The SMILES string of the molecule is Cc1ccc(Cl)cc1NC(=O)NCc1ccc2c(c1)N(C(=O)c1ccccc1)[C@H](C)C2. The quantitative estimate of drug-likeness (QED) is 0.565. The van der Waals surface area contributed by atoms with Crippen LogP contribution in [0.2, 0.25) is 5.02 Å². The fraction of sp³-hybridized carbons (Fsp3) is 0.200. The lowest BCUT2D eigenvalue weighted by Crippen LogP contribution is -2.35. The normalized spacial score (nSPS) is 14.8. The van der Waals surface area contributed by atoms with Crippen LogP contribution in [-0.4, -0.2) is 18.0 Å². The van der Waals surface area contributed by atoms with Gasteiger partial charge in [-0.2, -0.15) is 0 Å². The lowest BCUT2D eigenvalue weighted by Gasteiger charge is -2.23. The predicted octanol–water partition coefficient (Wildman–Crippen LogP) is 5.56. The molecule has 0 saturated heterocycles. The van der Waals surface area contributed by atoms with Gasteiger partial charge in [-0.1, -0.05) is 48.0 Å². The Kier molecular flexibility index (Phi) is 5.96. The first-order chi connectivity index (χ1) is 14.9. The average Bonchev–Trinajstić information content (AvgIpc) is 3.10. The van der Waals surface area contributed by atoms with E-state index in [-0.39, 0.29) is 18.0 Å².